The zero-order valence-electron chi connectivity index (χ0n) is 12.7. The first kappa shape index (κ1) is 16.8. The second-order valence-corrected chi connectivity index (χ2v) is 6.28. The van der Waals surface area contributed by atoms with Gasteiger partial charge in [0.05, 0.1) is 7.11 Å². The molecule has 0 spiro atoms. The number of thiocarbonyl (C=S) groups is 1. The highest BCUT2D eigenvalue weighted by atomic mass is 79.9. The van der Waals surface area contributed by atoms with Gasteiger partial charge < -0.3 is 15.4 Å². The summed E-state index contributed by atoms with van der Waals surface area (Å²) in [5.74, 6) is 0.915. The fourth-order valence-electron chi connectivity index (χ4n) is 2.15. The molecule has 0 saturated heterocycles. The van der Waals surface area contributed by atoms with Crippen molar-refractivity contribution in [2.45, 2.75) is 13.3 Å². The third-order valence-corrected chi connectivity index (χ3v) is 3.94. The Bertz CT molecular complexity index is 661. The van der Waals surface area contributed by atoms with E-state index in [1.54, 1.807) is 7.11 Å². The molecule has 2 rings (SSSR count). The monoisotopic (exact) mass is 378 g/mol. The molecular weight excluding hydrogens is 360 g/mol. The van der Waals surface area contributed by atoms with Crippen LogP contribution in [-0.4, -0.2) is 18.8 Å². The molecule has 2 aromatic carbocycles. The number of aryl methyl sites for hydroxylation is 1. The molecule has 22 heavy (non-hydrogen) atoms. The quantitative estimate of drug-likeness (QED) is 0.760. The van der Waals surface area contributed by atoms with Gasteiger partial charge in [0.25, 0.3) is 0 Å². The number of methoxy groups -OCH3 is 1. The topological polar surface area (TPSA) is 33.3 Å². The van der Waals surface area contributed by atoms with Crippen molar-refractivity contribution in [3.8, 4) is 5.75 Å². The number of halogens is 1. The molecule has 2 aromatic rings. The second-order valence-electron chi connectivity index (χ2n) is 4.96. The Morgan fingerprint density at radius 3 is 2.77 bits per heavy atom. The van der Waals surface area contributed by atoms with Crippen LogP contribution in [0.4, 0.5) is 5.69 Å². The van der Waals surface area contributed by atoms with Crippen LogP contribution in [0.5, 0.6) is 5.75 Å². The van der Waals surface area contributed by atoms with Crippen LogP contribution in [0.1, 0.15) is 11.1 Å². The van der Waals surface area contributed by atoms with Crippen molar-refractivity contribution in [3.05, 3.63) is 58.1 Å². The smallest absolute Gasteiger partial charge is 0.170 e. The molecular formula is C17H19BrN2OS. The van der Waals surface area contributed by atoms with Crippen LogP contribution in [-0.2, 0) is 6.42 Å². The van der Waals surface area contributed by atoms with Crippen molar-refractivity contribution in [3.63, 3.8) is 0 Å². The van der Waals surface area contributed by atoms with E-state index in [1.165, 1.54) is 11.1 Å². The molecule has 0 atom stereocenters. The Kier molecular flexibility index (Phi) is 6.21. The SMILES string of the molecule is COc1ccc(C)cc1CCNC(=S)Nc1cccc(Br)c1. The summed E-state index contributed by atoms with van der Waals surface area (Å²) in [6.07, 6.45) is 0.852. The summed E-state index contributed by atoms with van der Waals surface area (Å²) in [6.45, 7) is 2.83. The van der Waals surface area contributed by atoms with Gasteiger partial charge in [-0.05, 0) is 55.4 Å². The van der Waals surface area contributed by atoms with Crippen LogP contribution >= 0.6 is 28.1 Å². The van der Waals surface area contributed by atoms with Gasteiger partial charge in [-0.25, -0.2) is 0 Å². The van der Waals surface area contributed by atoms with Crippen molar-refractivity contribution >= 4 is 38.9 Å². The molecule has 3 nitrogen and oxygen atoms in total. The zero-order chi connectivity index (χ0) is 15.9. The summed E-state index contributed by atoms with van der Waals surface area (Å²) in [5, 5.41) is 7.00. The van der Waals surface area contributed by atoms with E-state index >= 15 is 0 Å². The van der Waals surface area contributed by atoms with Gasteiger partial charge in [0.15, 0.2) is 5.11 Å². The van der Waals surface area contributed by atoms with Gasteiger partial charge in [0.2, 0.25) is 0 Å². The summed E-state index contributed by atoms with van der Waals surface area (Å²) >= 11 is 8.75. The lowest BCUT2D eigenvalue weighted by Gasteiger charge is -2.13. The molecule has 0 bridgehead atoms. The van der Waals surface area contributed by atoms with Gasteiger partial charge in [0, 0.05) is 16.7 Å². The summed E-state index contributed by atoms with van der Waals surface area (Å²) < 4.78 is 6.40. The van der Waals surface area contributed by atoms with Crippen molar-refractivity contribution in [1.29, 1.82) is 0 Å². The standard InChI is InChI=1S/C17H19BrN2OS/c1-12-6-7-16(21-2)13(10-12)8-9-19-17(22)20-15-5-3-4-14(18)11-15/h3-7,10-11H,8-9H2,1-2H3,(H2,19,20,22). The van der Waals surface area contributed by atoms with E-state index in [2.05, 4.69) is 45.6 Å². The molecule has 2 N–H and O–H groups in total. The summed E-state index contributed by atoms with van der Waals surface area (Å²) in [4.78, 5) is 0. The maximum absolute atomic E-state index is 5.39. The van der Waals surface area contributed by atoms with E-state index in [4.69, 9.17) is 17.0 Å². The van der Waals surface area contributed by atoms with Crippen LogP contribution < -0.4 is 15.4 Å². The van der Waals surface area contributed by atoms with Crippen molar-refractivity contribution < 1.29 is 4.74 Å². The van der Waals surface area contributed by atoms with E-state index in [-0.39, 0.29) is 0 Å². The molecule has 0 heterocycles. The number of hydrogen-bond acceptors (Lipinski definition) is 2. The summed E-state index contributed by atoms with van der Waals surface area (Å²) in [5.41, 5.74) is 3.37. The molecule has 0 aliphatic heterocycles. The average molecular weight is 379 g/mol. The van der Waals surface area contributed by atoms with Gasteiger partial charge in [-0.2, -0.15) is 0 Å². The first-order valence-electron chi connectivity index (χ1n) is 7.02. The third-order valence-electron chi connectivity index (χ3n) is 3.20. The van der Waals surface area contributed by atoms with Crippen molar-refractivity contribution in [1.82, 2.24) is 5.32 Å². The highest BCUT2D eigenvalue weighted by molar-refractivity contribution is 9.10. The molecule has 0 amide bonds. The van der Waals surface area contributed by atoms with Gasteiger partial charge in [-0.15, -0.1) is 0 Å². The number of nitrogens with one attached hydrogen (secondary N) is 2. The van der Waals surface area contributed by atoms with Crippen LogP contribution in [0.25, 0.3) is 0 Å². The highest BCUT2D eigenvalue weighted by Crippen LogP contribution is 2.20. The first-order chi connectivity index (χ1) is 10.6. The minimum atomic E-state index is 0.615. The fraction of sp³-hybridized carbons (Fsp3) is 0.235. The molecule has 0 fully saturated rings. The predicted octanol–water partition coefficient (Wildman–Crippen LogP) is 4.30. The summed E-state index contributed by atoms with van der Waals surface area (Å²) in [7, 11) is 1.70. The third kappa shape index (κ3) is 5.00. The zero-order valence-corrected chi connectivity index (χ0v) is 15.1. The fourth-order valence-corrected chi connectivity index (χ4v) is 2.77. The van der Waals surface area contributed by atoms with Crippen LogP contribution in [0.2, 0.25) is 0 Å². The molecule has 5 heteroatoms. The Balaban J connectivity index is 1.86. The lowest BCUT2D eigenvalue weighted by molar-refractivity contribution is 0.409. The number of anilines is 1. The van der Waals surface area contributed by atoms with E-state index in [0.717, 1.165) is 28.9 Å². The number of benzene rings is 2. The number of hydrogen-bond donors (Lipinski definition) is 2. The Morgan fingerprint density at radius 1 is 1.23 bits per heavy atom. The Labute approximate surface area is 145 Å². The Hall–Kier alpha value is -1.59. The van der Waals surface area contributed by atoms with Gasteiger partial charge in [-0.1, -0.05) is 39.7 Å². The lowest BCUT2D eigenvalue weighted by Crippen LogP contribution is -2.30. The van der Waals surface area contributed by atoms with Crippen LogP contribution in [0, 0.1) is 6.92 Å². The average Bonchev–Trinajstić information content (AvgIpc) is 2.47. The molecule has 0 unspecified atom stereocenters. The molecule has 0 aliphatic carbocycles. The van der Waals surface area contributed by atoms with Gasteiger partial charge >= 0.3 is 0 Å². The molecule has 0 aliphatic rings. The predicted molar refractivity (Wildman–Crippen MR) is 99.8 cm³/mol. The van der Waals surface area contributed by atoms with E-state index < -0.39 is 0 Å². The second kappa shape index (κ2) is 8.15. The van der Waals surface area contributed by atoms with E-state index in [0.29, 0.717) is 5.11 Å². The largest absolute Gasteiger partial charge is 0.496 e. The van der Waals surface area contributed by atoms with E-state index in [9.17, 15) is 0 Å². The first-order valence-corrected chi connectivity index (χ1v) is 8.22. The maximum Gasteiger partial charge on any atom is 0.170 e. The maximum atomic E-state index is 5.39. The van der Waals surface area contributed by atoms with Crippen molar-refractivity contribution in [2.75, 3.05) is 19.0 Å². The summed E-state index contributed by atoms with van der Waals surface area (Å²) in [6, 6.07) is 14.1. The lowest BCUT2D eigenvalue weighted by atomic mass is 10.1. The minimum Gasteiger partial charge on any atom is -0.496 e. The van der Waals surface area contributed by atoms with Crippen LogP contribution in [0.3, 0.4) is 0 Å². The number of rotatable bonds is 5. The Morgan fingerprint density at radius 2 is 2.05 bits per heavy atom. The minimum absolute atomic E-state index is 0.615. The van der Waals surface area contributed by atoms with E-state index in [1.807, 2.05) is 30.3 Å². The highest BCUT2D eigenvalue weighted by Gasteiger charge is 2.04. The molecule has 0 radical (unpaired) electrons. The molecule has 0 aromatic heterocycles. The van der Waals surface area contributed by atoms with Crippen molar-refractivity contribution in [2.24, 2.45) is 0 Å². The molecule has 0 saturated carbocycles. The van der Waals surface area contributed by atoms with Gasteiger partial charge in [-0.3, -0.25) is 0 Å². The normalized spacial score (nSPS) is 10.1. The molecule has 116 valence electrons. The number of ether oxygens (including phenoxy) is 1. The van der Waals surface area contributed by atoms with Gasteiger partial charge in [0.1, 0.15) is 5.75 Å². The van der Waals surface area contributed by atoms with Crippen LogP contribution in [0.15, 0.2) is 46.9 Å².